The van der Waals surface area contributed by atoms with Gasteiger partial charge >= 0.3 is 5.97 Å². The number of carbonyl (C=O) groups excluding carboxylic acids is 2. The molecule has 0 saturated heterocycles. The molecule has 0 atom stereocenters. The van der Waals surface area contributed by atoms with Gasteiger partial charge < -0.3 is 14.8 Å². The minimum Gasteiger partial charge on any atom is -0.496 e. The van der Waals surface area contributed by atoms with Crippen molar-refractivity contribution >= 4 is 23.6 Å². The van der Waals surface area contributed by atoms with Crippen LogP contribution in [0.3, 0.4) is 0 Å². The molecule has 0 heterocycles. The van der Waals surface area contributed by atoms with Crippen LogP contribution in [0.2, 0.25) is 0 Å². The van der Waals surface area contributed by atoms with Crippen molar-refractivity contribution in [1.82, 2.24) is 0 Å². The first kappa shape index (κ1) is 20.9. The summed E-state index contributed by atoms with van der Waals surface area (Å²) in [5.74, 6) is 0.278. The van der Waals surface area contributed by atoms with Crippen LogP contribution >= 0.6 is 0 Å². The van der Waals surface area contributed by atoms with Crippen molar-refractivity contribution in [2.45, 2.75) is 13.8 Å². The maximum Gasteiger partial charge on any atom is 0.336 e. The molecule has 0 fully saturated rings. The summed E-state index contributed by atoms with van der Waals surface area (Å²) < 4.78 is 10.5. The van der Waals surface area contributed by atoms with Gasteiger partial charge in [0.1, 0.15) is 11.5 Å². The van der Waals surface area contributed by atoms with Crippen LogP contribution in [0.15, 0.2) is 72.8 Å². The second-order valence-corrected chi connectivity index (χ2v) is 6.79. The summed E-state index contributed by atoms with van der Waals surface area (Å²) in [6, 6.07) is 19.7. The lowest BCUT2D eigenvalue weighted by atomic mass is 10.1. The smallest absolute Gasteiger partial charge is 0.336 e. The monoisotopic (exact) mass is 401 g/mol. The molecule has 0 spiro atoms. The number of hydrogen-bond acceptors (Lipinski definition) is 4. The quantitative estimate of drug-likeness (QED) is 0.351. The van der Waals surface area contributed by atoms with Gasteiger partial charge in [-0.25, -0.2) is 4.79 Å². The number of anilines is 1. The van der Waals surface area contributed by atoms with Crippen molar-refractivity contribution in [2.75, 3.05) is 12.4 Å². The van der Waals surface area contributed by atoms with Crippen LogP contribution in [0.5, 0.6) is 11.5 Å². The van der Waals surface area contributed by atoms with E-state index >= 15 is 0 Å². The lowest BCUT2D eigenvalue weighted by Gasteiger charge is -2.10. The fraction of sp³-hybridized carbons (Fsp3) is 0.120. The molecule has 0 aliphatic heterocycles. The summed E-state index contributed by atoms with van der Waals surface area (Å²) >= 11 is 0. The normalized spacial score (nSPS) is 10.6. The van der Waals surface area contributed by atoms with Gasteiger partial charge in [-0.15, -0.1) is 0 Å². The van der Waals surface area contributed by atoms with Gasteiger partial charge in [0, 0.05) is 22.9 Å². The molecule has 0 radical (unpaired) electrons. The summed E-state index contributed by atoms with van der Waals surface area (Å²) in [6.07, 6.45) is 2.96. The number of methoxy groups -OCH3 is 1. The molecule has 3 aromatic rings. The lowest BCUT2D eigenvalue weighted by molar-refractivity contribution is -0.128. The molecule has 5 nitrogen and oxygen atoms in total. The van der Waals surface area contributed by atoms with Gasteiger partial charge in [0.2, 0.25) is 0 Å². The van der Waals surface area contributed by atoms with E-state index < -0.39 is 5.97 Å². The number of hydrogen-bond donors (Lipinski definition) is 1. The third-order valence-corrected chi connectivity index (χ3v) is 4.51. The molecule has 1 N–H and O–H groups in total. The van der Waals surface area contributed by atoms with Crippen molar-refractivity contribution in [3.05, 3.63) is 95.1 Å². The Balaban J connectivity index is 1.62. The van der Waals surface area contributed by atoms with Crippen molar-refractivity contribution in [3.8, 4) is 11.5 Å². The number of nitrogens with one attached hydrogen (secondary N) is 1. The molecule has 3 rings (SSSR count). The lowest BCUT2D eigenvalue weighted by Crippen LogP contribution is -2.13. The fourth-order valence-electron chi connectivity index (χ4n) is 2.85. The molecule has 0 saturated carbocycles. The highest BCUT2D eigenvalue weighted by molar-refractivity contribution is 6.04. The van der Waals surface area contributed by atoms with Crippen LogP contribution in [0.4, 0.5) is 5.69 Å². The Morgan fingerprint density at radius 3 is 2.40 bits per heavy atom. The van der Waals surface area contributed by atoms with E-state index in [0.29, 0.717) is 17.1 Å². The highest BCUT2D eigenvalue weighted by Crippen LogP contribution is 2.20. The fourth-order valence-corrected chi connectivity index (χ4v) is 2.85. The van der Waals surface area contributed by atoms with E-state index in [4.69, 9.17) is 9.47 Å². The summed E-state index contributed by atoms with van der Waals surface area (Å²) in [6.45, 7) is 3.91. The number of ether oxygens (including phenoxy) is 2. The average Bonchev–Trinajstić information content (AvgIpc) is 2.75. The molecule has 0 aromatic heterocycles. The van der Waals surface area contributed by atoms with E-state index in [-0.39, 0.29) is 5.91 Å². The highest BCUT2D eigenvalue weighted by Gasteiger charge is 2.09. The Hall–Kier alpha value is -3.86. The molecule has 0 aliphatic rings. The third kappa shape index (κ3) is 5.35. The van der Waals surface area contributed by atoms with Gasteiger partial charge in [-0.1, -0.05) is 30.3 Å². The Labute approximate surface area is 176 Å². The molecule has 0 bridgehead atoms. The molecular formula is C25H23NO4. The zero-order chi connectivity index (χ0) is 21.5. The number of amides is 1. The molecular weight excluding hydrogens is 378 g/mol. The van der Waals surface area contributed by atoms with E-state index in [1.54, 1.807) is 37.5 Å². The number of rotatable bonds is 6. The highest BCUT2D eigenvalue weighted by atomic mass is 16.5. The molecule has 5 heteroatoms. The van der Waals surface area contributed by atoms with Crippen LogP contribution in [-0.2, 0) is 4.79 Å². The number of carbonyl (C=O) groups is 2. The third-order valence-electron chi connectivity index (χ3n) is 4.51. The Morgan fingerprint density at radius 2 is 1.67 bits per heavy atom. The molecule has 3 aromatic carbocycles. The number of esters is 1. The number of para-hydroxylation sites is 1. The second-order valence-electron chi connectivity index (χ2n) is 6.79. The van der Waals surface area contributed by atoms with Gasteiger partial charge in [-0.3, -0.25) is 4.79 Å². The van der Waals surface area contributed by atoms with Crippen LogP contribution < -0.4 is 14.8 Å². The van der Waals surface area contributed by atoms with Gasteiger partial charge in [0.05, 0.1) is 7.11 Å². The van der Waals surface area contributed by atoms with E-state index in [2.05, 4.69) is 5.32 Å². The second kappa shape index (κ2) is 9.56. The Bertz CT molecular complexity index is 1080. The minimum atomic E-state index is -0.520. The van der Waals surface area contributed by atoms with E-state index in [1.165, 1.54) is 6.08 Å². The van der Waals surface area contributed by atoms with Crippen molar-refractivity contribution in [1.29, 1.82) is 0 Å². The van der Waals surface area contributed by atoms with Crippen molar-refractivity contribution < 1.29 is 19.1 Å². The predicted molar refractivity (Wildman–Crippen MR) is 118 cm³/mol. The summed E-state index contributed by atoms with van der Waals surface area (Å²) in [4.78, 5) is 24.6. The zero-order valence-electron chi connectivity index (χ0n) is 17.1. The molecule has 152 valence electrons. The van der Waals surface area contributed by atoms with Crippen LogP contribution in [-0.4, -0.2) is 19.0 Å². The van der Waals surface area contributed by atoms with Crippen molar-refractivity contribution in [3.63, 3.8) is 0 Å². The predicted octanol–water partition coefficient (Wildman–Crippen LogP) is 5.18. The summed E-state index contributed by atoms with van der Waals surface area (Å²) in [7, 11) is 1.57. The molecule has 30 heavy (non-hydrogen) atoms. The first-order valence-electron chi connectivity index (χ1n) is 9.48. The van der Waals surface area contributed by atoms with E-state index in [1.807, 2.05) is 56.3 Å². The standard InChI is InChI=1S/C25H23NO4/c1-17-8-9-18(2)22(16-17)26-25(28)20-10-13-21(14-11-20)30-24(27)15-12-19-6-4-5-7-23(19)29-3/h4-16H,1-3H3,(H,26,28)/b15-12+. The number of aryl methyl sites for hydroxylation is 2. The van der Waals surface area contributed by atoms with Gasteiger partial charge in [-0.05, 0) is 67.4 Å². The largest absolute Gasteiger partial charge is 0.496 e. The number of benzene rings is 3. The van der Waals surface area contributed by atoms with Crippen LogP contribution in [0.25, 0.3) is 6.08 Å². The minimum absolute atomic E-state index is 0.224. The van der Waals surface area contributed by atoms with Crippen LogP contribution in [0.1, 0.15) is 27.0 Å². The SMILES string of the molecule is COc1ccccc1/C=C/C(=O)Oc1ccc(C(=O)Nc2cc(C)ccc2C)cc1. The molecule has 1 amide bonds. The van der Waals surface area contributed by atoms with Gasteiger partial charge in [-0.2, -0.15) is 0 Å². The van der Waals surface area contributed by atoms with Crippen LogP contribution in [0, 0.1) is 13.8 Å². The molecule has 0 unspecified atom stereocenters. The first-order chi connectivity index (χ1) is 14.5. The van der Waals surface area contributed by atoms with Gasteiger partial charge in [0.25, 0.3) is 5.91 Å². The van der Waals surface area contributed by atoms with Gasteiger partial charge in [0.15, 0.2) is 0 Å². The van der Waals surface area contributed by atoms with Crippen molar-refractivity contribution in [2.24, 2.45) is 0 Å². The first-order valence-corrected chi connectivity index (χ1v) is 9.48. The topological polar surface area (TPSA) is 64.6 Å². The molecule has 0 aliphatic carbocycles. The summed E-state index contributed by atoms with van der Waals surface area (Å²) in [5, 5.41) is 2.91. The maximum atomic E-state index is 12.5. The maximum absolute atomic E-state index is 12.5. The Morgan fingerprint density at radius 1 is 0.933 bits per heavy atom. The average molecular weight is 401 g/mol. The Kier molecular flexibility index (Phi) is 6.65. The van der Waals surface area contributed by atoms with E-state index in [0.717, 1.165) is 22.4 Å². The van der Waals surface area contributed by atoms with E-state index in [9.17, 15) is 9.59 Å². The summed E-state index contributed by atoms with van der Waals surface area (Å²) in [5.41, 5.74) is 4.08. The zero-order valence-corrected chi connectivity index (χ0v) is 17.1.